The predicted molar refractivity (Wildman–Crippen MR) is 101 cm³/mol. The monoisotopic (exact) mass is 354 g/mol. The molecule has 138 valence electrons. The molecule has 0 bridgehead atoms. The molecule has 1 aliphatic heterocycles. The topological polar surface area (TPSA) is 67.4 Å². The third kappa shape index (κ3) is 4.31. The van der Waals surface area contributed by atoms with Crippen molar-refractivity contribution in [3.63, 3.8) is 0 Å². The molecule has 2 heterocycles. The van der Waals surface area contributed by atoms with Crippen molar-refractivity contribution in [2.75, 3.05) is 19.0 Å². The number of nitrogens with zero attached hydrogens (tertiary/aromatic N) is 3. The first-order chi connectivity index (χ1) is 12.7. The van der Waals surface area contributed by atoms with Gasteiger partial charge in [0.25, 0.3) is 5.91 Å². The van der Waals surface area contributed by atoms with Crippen LogP contribution in [-0.4, -0.2) is 40.7 Å². The fraction of sp³-hybridized carbons (Fsp3) is 0.450. The maximum absolute atomic E-state index is 12.7. The molecule has 3 rings (SSSR count). The first-order valence-electron chi connectivity index (χ1n) is 9.22. The van der Waals surface area contributed by atoms with Crippen molar-refractivity contribution < 1.29 is 9.53 Å². The summed E-state index contributed by atoms with van der Waals surface area (Å²) in [6.45, 7) is 3.58. The number of carbonyl (C=O) groups excluding carboxylic acids is 1. The molecule has 1 unspecified atom stereocenters. The molecule has 1 aliphatic rings. The van der Waals surface area contributed by atoms with Crippen molar-refractivity contribution >= 4 is 11.7 Å². The second-order valence-electron chi connectivity index (χ2n) is 6.56. The Bertz CT molecular complexity index is 716. The molecule has 1 amide bonds. The van der Waals surface area contributed by atoms with Crippen LogP contribution < -0.4 is 10.1 Å². The third-order valence-corrected chi connectivity index (χ3v) is 4.88. The second-order valence-corrected chi connectivity index (χ2v) is 6.56. The highest BCUT2D eigenvalue weighted by molar-refractivity contribution is 5.92. The van der Waals surface area contributed by atoms with E-state index in [-0.39, 0.29) is 5.91 Å². The molecule has 6 heteroatoms. The maximum Gasteiger partial charge on any atom is 0.274 e. The van der Waals surface area contributed by atoms with Crippen LogP contribution in [0.3, 0.4) is 0 Å². The van der Waals surface area contributed by atoms with Crippen molar-refractivity contribution in [1.82, 2.24) is 15.1 Å². The summed E-state index contributed by atoms with van der Waals surface area (Å²) in [5.74, 6) is 1.48. The van der Waals surface area contributed by atoms with E-state index in [1.165, 1.54) is 6.42 Å². The number of methoxy groups -OCH3 is 1. The van der Waals surface area contributed by atoms with Gasteiger partial charge in [-0.25, -0.2) is 0 Å². The van der Waals surface area contributed by atoms with Crippen LogP contribution in [0.5, 0.6) is 5.75 Å². The minimum absolute atomic E-state index is 0.00856. The van der Waals surface area contributed by atoms with Crippen molar-refractivity contribution in [2.45, 2.75) is 45.2 Å². The molecule has 1 aromatic heterocycles. The van der Waals surface area contributed by atoms with Crippen LogP contribution in [-0.2, 0) is 6.54 Å². The van der Waals surface area contributed by atoms with Gasteiger partial charge in [0.2, 0.25) is 0 Å². The molecule has 1 N–H and O–H groups in total. The molecule has 6 nitrogen and oxygen atoms in total. The molecule has 0 saturated carbocycles. The van der Waals surface area contributed by atoms with Crippen molar-refractivity contribution in [3.8, 4) is 5.75 Å². The van der Waals surface area contributed by atoms with Gasteiger partial charge in [0, 0.05) is 19.1 Å². The van der Waals surface area contributed by atoms with E-state index in [2.05, 4.69) is 22.4 Å². The summed E-state index contributed by atoms with van der Waals surface area (Å²) in [5.41, 5.74) is 1.53. The van der Waals surface area contributed by atoms with Gasteiger partial charge in [-0.1, -0.05) is 19.1 Å². The molecule has 1 aromatic carbocycles. The lowest BCUT2D eigenvalue weighted by Crippen LogP contribution is -2.43. The highest BCUT2D eigenvalue weighted by Crippen LogP contribution is 2.21. The zero-order valence-electron chi connectivity index (χ0n) is 15.4. The SMILES string of the molecule is CCC1CCCCN1C(=O)c1ccc(NCc2ccc(OC)cc2)nn1. The van der Waals surface area contributed by atoms with Gasteiger partial charge in [-0.3, -0.25) is 4.79 Å². The van der Waals surface area contributed by atoms with E-state index in [0.717, 1.165) is 37.1 Å². The Hall–Kier alpha value is -2.63. The second kappa shape index (κ2) is 8.65. The Kier molecular flexibility index (Phi) is 6.04. The number of likely N-dealkylation sites (tertiary alicyclic amines) is 1. The largest absolute Gasteiger partial charge is 0.497 e. The Labute approximate surface area is 154 Å². The number of piperidine rings is 1. The zero-order chi connectivity index (χ0) is 18.4. The van der Waals surface area contributed by atoms with Gasteiger partial charge in [-0.2, -0.15) is 0 Å². The Morgan fingerprint density at radius 3 is 2.65 bits per heavy atom. The van der Waals surface area contributed by atoms with Gasteiger partial charge < -0.3 is 15.0 Å². The molecule has 0 radical (unpaired) electrons. The molecule has 2 aromatic rings. The number of nitrogens with one attached hydrogen (secondary N) is 1. The zero-order valence-corrected chi connectivity index (χ0v) is 15.4. The van der Waals surface area contributed by atoms with Crippen LogP contribution >= 0.6 is 0 Å². The number of anilines is 1. The van der Waals surface area contributed by atoms with E-state index in [4.69, 9.17) is 4.74 Å². The van der Waals surface area contributed by atoms with Crippen molar-refractivity contribution in [2.24, 2.45) is 0 Å². The van der Waals surface area contributed by atoms with Gasteiger partial charge in [-0.15, -0.1) is 10.2 Å². The lowest BCUT2D eigenvalue weighted by atomic mass is 9.99. The first kappa shape index (κ1) is 18.2. The van der Waals surface area contributed by atoms with Crippen LogP contribution in [0.2, 0.25) is 0 Å². The number of hydrogen-bond acceptors (Lipinski definition) is 5. The summed E-state index contributed by atoms with van der Waals surface area (Å²) in [4.78, 5) is 14.7. The predicted octanol–water partition coefficient (Wildman–Crippen LogP) is 3.50. The lowest BCUT2D eigenvalue weighted by Gasteiger charge is -2.34. The minimum Gasteiger partial charge on any atom is -0.497 e. The molecule has 0 aliphatic carbocycles. The summed E-state index contributed by atoms with van der Waals surface area (Å²) in [6.07, 6.45) is 4.33. The first-order valence-corrected chi connectivity index (χ1v) is 9.22. The number of aromatic nitrogens is 2. The van der Waals surface area contributed by atoms with E-state index in [9.17, 15) is 4.79 Å². The summed E-state index contributed by atoms with van der Waals surface area (Å²) in [5, 5.41) is 11.5. The average Bonchev–Trinajstić information content (AvgIpc) is 2.72. The average molecular weight is 354 g/mol. The molecular formula is C20H26N4O2. The molecule has 26 heavy (non-hydrogen) atoms. The van der Waals surface area contributed by atoms with Gasteiger partial charge in [0.05, 0.1) is 7.11 Å². The van der Waals surface area contributed by atoms with E-state index in [0.29, 0.717) is 24.1 Å². The fourth-order valence-corrected chi connectivity index (χ4v) is 3.32. The van der Waals surface area contributed by atoms with Crippen LogP contribution in [0.4, 0.5) is 5.82 Å². The summed E-state index contributed by atoms with van der Waals surface area (Å²) < 4.78 is 5.15. The van der Waals surface area contributed by atoms with Crippen molar-refractivity contribution in [3.05, 3.63) is 47.7 Å². The smallest absolute Gasteiger partial charge is 0.274 e. The number of carbonyl (C=O) groups is 1. The van der Waals surface area contributed by atoms with Crippen LogP contribution in [0.1, 0.15) is 48.7 Å². The summed E-state index contributed by atoms with van der Waals surface area (Å²) >= 11 is 0. The van der Waals surface area contributed by atoms with Crippen LogP contribution in [0.25, 0.3) is 0 Å². The number of benzene rings is 1. The van der Waals surface area contributed by atoms with Gasteiger partial charge in [0.1, 0.15) is 11.6 Å². The number of rotatable bonds is 6. The lowest BCUT2D eigenvalue weighted by molar-refractivity contribution is 0.0601. The Morgan fingerprint density at radius 1 is 1.19 bits per heavy atom. The number of amides is 1. The molecule has 1 saturated heterocycles. The van der Waals surface area contributed by atoms with E-state index in [1.54, 1.807) is 13.2 Å². The Balaban J connectivity index is 1.59. The summed E-state index contributed by atoms with van der Waals surface area (Å²) in [6, 6.07) is 11.7. The molecule has 0 spiro atoms. The van der Waals surface area contributed by atoms with E-state index >= 15 is 0 Å². The normalized spacial score (nSPS) is 17.0. The highest BCUT2D eigenvalue weighted by atomic mass is 16.5. The number of ether oxygens (including phenoxy) is 1. The molecule has 1 atom stereocenters. The van der Waals surface area contributed by atoms with E-state index in [1.807, 2.05) is 35.2 Å². The molecule has 1 fully saturated rings. The number of hydrogen-bond donors (Lipinski definition) is 1. The van der Waals surface area contributed by atoms with Gasteiger partial charge >= 0.3 is 0 Å². The fourth-order valence-electron chi connectivity index (χ4n) is 3.32. The van der Waals surface area contributed by atoms with Gasteiger partial charge in [0.15, 0.2) is 5.69 Å². The maximum atomic E-state index is 12.7. The van der Waals surface area contributed by atoms with Crippen LogP contribution in [0, 0.1) is 0 Å². The Morgan fingerprint density at radius 2 is 2.00 bits per heavy atom. The quantitative estimate of drug-likeness (QED) is 0.860. The summed E-state index contributed by atoms with van der Waals surface area (Å²) in [7, 11) is 1.65. The van der Waals surface area contributed by atoms with Gasteiger partial charge in [-0.05, 0) is 55.5 Å². The highest BCUT2D eigenvalue weighted by Gasteiger charge is 2.27. The standard InChI is InChI=1S/C20H26N4O2/c1-3-16-6-4-5-13-24(16)20(25)18-11-12-19(23-22-18)21-14-15-7-9-17(26-2)10-8-15/h7-12,16H,3-6,13-14H2,1-2H3,(H,21,23). The van der Waals surface area contributed by atoms with Crippen molar-refractivity contribution in [1.29, 1.82) is 0 Å². The minimum atomic E-state index is -0.00856. The van der Waals surface area contributed by atoms with Crippen LogP contribution in [0.15, 0.2) is 36.4 Å². The van der Waals surface area contributed by atoms with E-state index < -0.39 is 0 Å². The third-order valence-electron chi connectivity index (χ3n) is 4.88. The molecular weight excluding hydrogens is 328 g/mol.